The molecular weight excluding hydrogens is 270 g/mol. The topological polar surface area (TPSA) is 75.5 Å². The van der Waals surface area contributed by atoms with Crippen molar-refractivity contribution in [2.75, 3.05) is 20.1 Å². The van der Waals surface area contributed by atoms with Crippen molar-refractivity contribution in [1.82, 2.24) is 10.2 Å². The highest BCUT2D eigenvalue weighted by molar-refractivity contribution is 5.79. The maximum absolute atomic E-state index is 12.3. The van der Waals surface area contributed by atoms with Gasteiger partial charge in [0, 0.05) is 31.6 Å². The second kappa shape index (κ2) is 7.73. The lowest BCUT2D eigenvalue weighted by molar-refractivity contribution is -0.384. The summed E-state index contributed by atoms with van der Waals surface area (Å²) >= 11 is 0. The Morgan fingerprint density at radius 3 is 2.67 bits per heavy atom. The van der Waals surface area contributed by atoms with Crippen LogP contribution in [0.15, 0.2) is 24.3 Å². The van der Waals surface area contributed by atoms with E-state index in [0.717, 1.165) is 12.1 Å². The predicted molar refractivity (Wildman–Crippen MR) is 82.0 cm³/mol. The van der Waals surface area contributed by atoms with Gasteiger partial charge in [-0.1, -0.05) is 26.0 Å². The Labute approximate surface area is 125 Å². The Balaban J connectivity index is 2.82. The van der Waals surface area contributed by atoms with E-state index in [-0.39, 0.29) is 23.6 Å². The van der Waals surface area contributed by atoms with Crippen molar-refractivity contribution in [3.63, 3.8) is 0 Å². The van der Waals surface area contributed by atoms with Crippen LogP contribution in [-0.2, 0) is 4.79 Å². The van der Waals surface area contributed by atoms with E-state index in [0.29, 0.717) is 6.54 Å². The predicted octanol–water partition coefficient (Wildman–Crippen LogP) is 2.36. The van der Waals surface area contributed by atoms with E-state index >= 15 is 0 Å². The maximum Gasteiger partial charge on any atom is 0.269 e. The van der Waals surface area contributed by atoms with Crippen molar-refractivity contribution >= 4 is 11.6 Å². The summed E-state index contributed by atoms with van der Waals surface area (Å²) in [4.78, 5) is 24.4. The largest absolute Gasteiger partial charge is 0.339 e. The molecule has 116 valence electrons. The minimum absolute atomic E-state index is 0.0231. The summed E-state index contributed by atoms with van der Waals surface area (Å²) in [7, 11) is 1.73. The molecule has 0 aliphatic heterocycles. The van der Waals surface area contributed by atoms with E-state index in [1.54, 1.807) is 24.1 Å². The van der Waals surface area contributed by atoms with E-state index in [4.69, 9.17) is 0 Å². The number of nitro benzene ring substituents is 1. The van der Waals surface area contributed by atoms with Gasteiger partial charge in [-0.3, -0.25) is 14.9 Å². The molecule has 1 amide bonds. The molecule has 0 aliphatic rings. The molecule has 0 heterocycles. The van der Waals surface area contributed by atoms with Gasteiger partial charge in [-0.25, -0.2) is 0 Å². The highest BCUT2D eigenvalue weighted by Crippen LogP contribution is 2.24. The van der Waals surface area contributed by atoms with E-state index < -0.39 is 4.92 Å². The Kier molecular flexibility index (Phi) is 6.30. The Hall–Kier alpha value is -1.95. The van der Waals surface area contributed by atoms with Gasteiger partial charge >= 0.3 is 0 Å². The lowest BCUT2D eigenvalue weighted by Gasteiger charge is -2.28. The SMILES string of the molecule is CCNCC(C)C(=O)N(C)C(C)c1cccc([N+](=O)[O-])c1. The van der Waals surface area contributed by atoms with E-state index in [9.17, 15) is 14.9 Å². The minimum Gasteiger partial charge on any atom is -0.339 e. The van der Waals surface area contributed by atoms with Gasteiger partial charge in [0.05, 0.1) is 11.0 Å². The zero-order chi connectivity index (χ0) is 16.0. The van der Waals surface area contributed by atoms with Gasteiger partial charge in [0.1, 0.15) is 0 Å². The van der Waals surface area contributed by atoms with Crippen LogP contribution in [0.1, 0.15) is 32.4 Å². The number of carbonyl (C=O) groups excluding carboxylic acids is 1. The Morgan fingerprint density at radius 2 is 2.10 bits per heavy atom. The number of carbonyl (C=O) groups is 1. The third-order valence-corrected chi connectivity index (χ3v) is 3.61. The fourth-order valence-corrected chi connectivity index (χ4v) is 2.11. The molecule has 1 N–H and O–H groups in total. The summed E-state index contributed by atoms with van der Waals surface area (Å²) in [6, 6.07) is 6.21. The van der Waals surface area contributed by atoms with Crippen molar-refractivity contribution < 1.29 is 9.72 Å². The standard InChI is InChI=1S/C15H23N3O3/c1-5-16-10-11(2)15(19)17(4)12(3)13-7-6-8-14(9-13)18(20)21/h6-9,11-12,16H,5,10H2,1-4H3. The van der Waals surface area contributed by atoms with Crippen LogP contribution < -0.4 is 5.32 Å². The number of hydrogen-bond acceptors (Lipinski definition) is 4. The molecule has 0 aliphatic carbocycles. The van der Waals surface area contributed by atoms with Crippen LogP contribution in [0.5, 0.6) is 0 Å². The molecule has 0 saturated carbocycles. The molecule has 6 heteroatoms. The molecule has 1 aromatic carbocycles. The first-order chi connectivity index (χ1) is 9.88. The van der Waals surface area contributed by atoms with Gasteiger partial charge in [-0.05, 0) is 19.0 Å². The highest BCUT2D eigenvalue weighted by atomic mass is 16.6. The van der Waals surface area contributed by atoms with Crippen molar-refractivity contribution in [1.29, 1.82) is 0 Å². The number of nitrogens with zero attached hydrogens (tertiary/aromatic N) is 2. The molecule has 0 aromatic heterocycles. The number of hydrogen-bond donors (Lipinski definition) is 1. The maximum atomic E-state index is 12.3. The number of non-ortho nitro benzene ring substituents is 1. The third-order valence-electron chi connectivity index (χ3n) is 3.61. The van der Waals surface area contributed by atoms with Gasteiger partial charge in [-0.15, -0.1) is 0 Å². The normalized spacial score (nSPS) is 13.5. The molecule has 0 spiro atoms. The number of nitro groups is 1. The number of amides is 1. The van der Waals surface area contributed by atoms with Crippen LogP contribution in [0.4, 0.5) is 5.69 Å². The molecule has 6 nitrogen and oxygen atoms in total. The summed E-state index contributed by atoms with van der Waals surface area (Å²) in [5, 5.41) is 14.0. The van der Waals surface area contributed by atoms with Gasteiger partial charge in [0.25, 0.3) is 5.69 Å². The van der Waals surface area contributed by atoms with Crippen LogP contribution in [0, 0.1) is 16.0 Å². The molecular formula is C15H23N3O3. The molecule has 0 bridgehead atoms. The lowest BCUT2D eigenvalue weighted by Crippen LogP contribution is -2.38. The van der Waals surface area contributed by atoms with Crippen LogP contribution in [0.25, 0.3) is 0 Å². The molecule has 0 saturated heterocycles. The summed E-state index contributed by atoms with van der Waals surface area (Å²) in [6.07, 6.45) is 0. The second-order valence-electron chi connectivity index (χ2n) is 5.19. The third kappa shape index (κ3) is 4.53. The summed E-state index contributed by atoms with van der Waals surface area (Å²) in [5.41, 5.74) is 0.802. The quantitative estimate of drug-likeness (QED) is 0.618. The van der Waals surface area contributed by atoms with Crippen LogP contribution >= 0.6 is 0 Å². The van der Waals surface area contributed by atoms with E-state index in [1.165, 1.54) is 12.1 Å². The Bertz CT molecular complexity index is 505. The minimum atomic E-state index is -0.425. The van der Waals surface area contributed by atoms with Crippen LogP contribution in [0.3, 0.4) is 0 Å². The fourth-order valence-electron chi connectivity index (χ4n) is 2.11. The molecule has 2 unspecified atom stereocenters. The number of benzene rings is 1. The van der Waals surface area contributed by atoms with Crippen molar-refractivity contribution in [2.45, 2.75) is 26.8 Å². The summed E-state index contributed by atoms with van der Waals surface area (Å²) in [5.74, 6) is -0.106. The molecule has 1 rings (SSSR count). The number of nitrogens with one attached hydrogen (secondary N) is 1. The molecule has 2 atom stereocenters. The van der Waals surface area contributed by atoms with Gasteiger partial charge in [-0.2, -0.15) is 0 Å². The molecule has 21 heavy (non-hydrogen) atoms. The molecule has 0 radical (unpaired) electrons. The first-order valence-corrected chi connectivity index (χ1v) is 7.10. The average molecular weight is 293 g/mol. The zero-order valence-corrected chi connectivity index (χ0v) is 13.0. The molecule has 1 aromatic rings. The van der Waals surface area contributed by atoms with Crippen molar-refractivity contribution in [3.05, 3.63) is 39.9 Å². The second-order valence-corrected chi connectivity index (χ2v) is 5.19. The first-order valence-electron chi connectivity index (χ1n) is 7.10. The van der Waals surface area contributed by atoms with Crippen molar-refractivity contribution in [3.8, 4) is 0 Å². The Morgan fingerprint density at radius 1 is 1.43 bits per heavy atom. The van der Waals surface area contributed by atoms with Crippen LogP contribution in [-0.4, -0.2) is 35.9 Å². The van der Waals surface area contributed by atoms with Crippen molar-refractivity contribution in [2.24, 2.45) is 5.92 Å². The summed E-state index contributed by atoms with van der Waals surface area (Å²) < 4.78 is 0. The summed E-state index contributed by atoms with van der Waals surface area (Å²) in [6.45, 7) is 7.19. The van der Waals surface area contributed by atoms with Gasteiger partial charge in [0.15, 0.2) is 0 Å². The fraction of sp³-hybridized carbons (Fsp3) is 0.533. The average Bonchev–Trinajstić information content (AvgIpc) is 2.50. The van der Waals surface area contributed by atoms with Crippen LogP contribution in [0.2, 0.25) is 0 Å². The first kappa shape index (κ1) is 17.1. The lowest BCUT2D eigenvalue weighted by atomic mass is 10.0. The van der Waals surface area contributed by atoms with E-state index in [2.05, 4.69) is 5.32 Å². The van der Waals surface area contributed by atoms with E-state index in [1.807, 2.05) is 20.8 Å². The zero-order valence-electron chi connectivity index (χ0n) is 13.0. The highest BCUT2D eigenvalue weighted by Gasteiger charge is 2.23. The monoisotopic (exact) mass is 293 g/mol. The van der Waals surface area contributed by atoms with Gasteiger partial charge < -0.3 is 10.2 Å². The van der Waals surface area contributed by atoms with Gasteiger partial charge in [0.2, 0.25) is 5.91 Å². The number of rotatable bonds is 7. The molecule has 0 fully saturated rings. The smallest absolute Gasteiger partial charge is 0.269 e.